The van der Waals surface area contributed by atoms with E-state index in [4.69, 9.17) is 4.98 Å². The number of amides is 1. The summed E-state index contributed by atoms with van der Waals surface area (Å²) in [4.78, 5) is 24.4. The Labute approximate surface area is 219 Å². The second-order valence-electron chi connectivity index (χ2n) is 10.6. The smallest absolute Gasteiger partial charge is 0.227 e. The van der Waals surface area contributed by atoms with Crippen molar-refractivity contribution in [1.29, 1.82) is 0 Å². The van der Waals surface area contributed by atoms with E-state index < -0.39 is 17.7 Å². The molecule has 9 heteroatoms. The number of carbonyl (C=O) groups excluding carboxylic acids is 1. The summed E-state index contributed by atoms with van der Waals surface area (Å²) in [6.45, 7) is 1.98. The first kappa shape index (κ1) is 24.7. The van der Waals surface area contributed by atoms with Crippen LogP contribution >= 0.6 is 0 Å². The van der Waals surface area contributed by atoms with Gasteiger partial charge in [0.15, 0.2) is 11.6 Å². The Morgan fingerprint density at radius 3 is 2.50 bits per heavy atom. The standard InChI is InChI=1S/C29H31F2N5O2/c1-17-28(34(2)16-32-17)18-6-13-25-24(14-18)33-29(36(25)19-7-10-21(37)11-8-19)26-4-3-5-27(38)35(26)20-9-12-22(30)23(31)15-20/h6,9,12-16,19,21,26,37H,3-5,7-8,10-11H2,1-2H3/t19?,21?,26-/m0/s1. The van der Waals surface area contributed by atoms with E-state index in [0.717, 1.165) is 58.8 Å². The van der Waals surface area contributed by atoms with E-state index in [1.54, 1.807) is 11.2 Å². The number of aryl methyl sites for hydroxylation is 2. The van der Waals surface area contributed by atoms with E-state index in [-0.39, 0.29) is 18.1 Å². The number of piperidine rings is 1. The maximum absolute atomic E-state index is 14.2. The van der Waals surface area contributed by atoms with Gasteiger partial charge >= 0.3 is 0 Å². The third-order valence-corrected chi connectivity index (χ3v) is 8.07. The van der Waals surface area contributed by atoms with Gasteiger partial charge in [0, 0.05) is 36.8 Å². The molecule has 1 saturated heterocycles. The zero-order chi connectivity index (χ0) is 26.6. The van der Waals surface area contributed by atoms with Crippen molar-refractivity contribution in [3.8, 4) is 11.3 Å². The van der Waals surface area contributed by atoms with Crippen LogP contribution in [-0.4, -0.2) is 36.2 Å². The lowest BCUT2D eigenvalue weighted by Crippen LogP contribution is -2.40. The average Bonchev–Trinajstić information content (AvgIpc) is 3.45. The van der Waals surface area contributed by atoms with Gasteiger partial charge in [0.25, 0.3) is 0 Å². The highest BCUT2D eigenvalue weighted by Crippen LogP contribution is 2.41. The summed E-state index contributed by atoms with van der Waals surface area (Å²) in [5.41, 5.74) is 5.06. The number of aliphatic hydroxyl groups is 1. The first-order valence-electron chi connectivity index (χ1n) is 13.3. The molecular weight excluding hydrogens is 488 g/mol. The molecule has 0 spiro atoms. The van der Waals surface area contributed by atoms with Crippen molar-refractivity contribution in [3.05, 3.63) is 65.9 Å². The monoisotopic (exact) mass is 519 g/mol. The van der Waals surface area contributed by atoms with Crippen molar-refractivity contribution in [1.82, 2.24) is 19.1 Å². The molecule has 2 aliphatic rings. The second-order valence-corrected chi connectivity index (χ2v) is 10.6. The molecule has 1 N–H and O–H groups in total. The van der Waals surface area contributed by atoms with Gasteiger partial charge in [-0.15, -0.1) is 0 Å². The minimum Gasteiger partial charge on any atom is -0.393 e. The summed E-state index contributed by atoms with van der Waals surface area (Å²) in [6, 6.07) is 9.53. The van der Waals surface area contributed by atoms with Crippen molar-refractivity contribution >= 4 is 22.6 Å². The fourth-order valence-corrected chi connectivity index (χ4v) is 6.23. The minimum atomic E-state index is -0.981. The zero-order valence-electron chi connectivity index (χ0n) is 21.6. The largest absolute Gasteiger partial charge is 0.393 e. The van der Waals surface area contributed by atoms with Crippen LogP contribution in [0.15, 0.2) is 42.7 Å². The number of anilines is 1. The maximum atomic E-state index is 14.2. The van der Waals surface area contributed by atoms with Crippen LogP contribution in [0.2, 0.25) is 0 Å². The van der Waals surface area contributed by atoms with Crippen molar-refractivity contribution < 1.29 is 18.7 Å². The molecule has 1 atom stereocenters. The van der Waals surface area contributed by atoms with Crippen molar-refractivity contribution in [2.45, 2.75) is 70.1 Å². The van der Waals surface area contributed by atoms with Crippen molar-refractivity contribution in [2.24, 2.45) is 7.05 Å². The van der Waals surface area contributed by atoms with Gasteiger partial charge in [0.05, 0.1) is 40.9 Å². The molecular formula is C29H31F2N5O2. The topological polar surface area (TPSA) is 76.2 Å². The predicted octanol–water partition coefficient (Wildman–Crippen LogP) is 5.76. The number of benzene rings is 2. The molecule has 2 aromatic heterocycles. The Kier molecular flexibility index (Phi) is 6.26. The number of aromatic nitrogens is 4. The third kappa shape index (κ3) is 4.18. The summed E-state index contributed by atoms with van der Waals surface area (Å²) >= 11 is 0. The van der Waals surface area contributed by atoms with E-state index in [1.165, 1.54) is 6.07 Å². The van der Waals surface area contributed by atoms with E-state index in [9.17, 15) is 18.7 Å². The summed E-state index contributed by atoms with van der Waals surface area (Å²) < 4.78 is 32.2. The van der Waals surface area contributed by atoms with Gasteiger partial charge < -0.3 is 19.1 Å². The molecule has 0 radical (unpaired) electrons. The van der Waals surface area contributed by atoms with Gasteiger partial charge in [-0.1, -0.05) is 6.07 Å². The molecule has 0 unspecified atom stereocenters. The Morgan fingerprint density at radius 2 is 1.79 bits per heavy atom. The number of aliphatic hydroxyl groups excluding tert-OH is 1. The molecule has 1 saturated carbocycles. The maximum Gasteiger partial charge on any atom is 0.227 e. The number of hydrogen-bond donors (Lipinski definition) is 1. The normalized spacial score (nSPS) is 22.4. The average molecular weight is 520 g/mol. The highest BCUT2D eigenvalue weighted by molar-refractivity contribution is 5.95. The highest BCUT2D eigenvalue weighted by Gasteiger charge is 2.36. The predicted molar refractivity (Wildman–Crippen MR) is 141 cm³/mol. The van der Waals surface area contributed by atoms with E-state index in [2.05, 4.69) is 27.8 Å². The Hall–Kier alpha value is -3.59. The lowest BCUT2D eigenvalue weighted by molar-refractivity contribution is -0.120. The summed E-state index contributed by atoms with van der Waals surface area (Å²) in [6.07, 6.45) is 6.18. The van der Waals surface area contributed by atoms with Crippen LogP contribution in [0, 0.1) is 18.6 Å². The number of rotatable bonds is 4. The zero-order valence-corrected chi connectivity index (χ0v) is 21.6. The van der Waals surface area contributed by atoms with Crippen LogP contribution < -0.4 is 4.90 Å². The van der Waals surface area contributed by atoms with Crippen LogP contribution in [0.1, 0.15) is 68.5 Å². The molecule has 3 heterocycles. The lowest BCUT2D eigenvalue weighted by Gasteiger charge is -2.37. The van der Waals surface area contributed by atoms with Gasteiger partial charge in [0.2, 0.25) is 5.91 Å². The Balaban J connectivity index is 1.51. The van der Waals surface area contributed by atoms with E-state index >= 15 is 0 Å². The van der Waals surface area contributed by atoms with Gasteiger partial charge in [-0.05, 0) is 69.7 Å². The summed E-state index contributed by atoms with van der Waals surface area (Å²) in [5, 5.41) is 10.2. The molecule has 38 heavy (non-hydrogen) atoms. The molecule has 2 aromatic carbocycles. The van der Waals surface area contributed by atoms with Gasteiger partial charge in [-0.2, -0.15) is 0 Å². The molecule has 7 nitrogen and oxygen atoms in total. The van der Waals surface area contributed by atoms with Crippen LogP contribution in [0.5, 0.6) is 0 Å². The number of fused-ring (bicyclic) bond motifs is 1. The van der Waals surface area contributed by atoms with Crippen LogP contribution in [0.25, 0.3) is 22.3 Å². The fourth-order valence-electron chi connectivity index (χ4n) is 6.23. The molecule has 1 aliphatic heterocycles. The SMILES string of the molecule is Cc1ncn(C)c1-c1ccc2c(c1)nc([C@@H]1CCCC(=O)N1c1ccc(F)c(F)c1)n2C1CCC(O)CC1. The lowest BCUT2D eigenvalue weighted by atomic mass is 9.92. The van der Waals surface area contributed by atoms with Crippen LogP contribution in [0.4, 0.5) is 14.5 Å². The van der Waals surface area contributed by atoms with Crippen molar-refractivity contribution in [2.75, 3.05) is 4.90 Å². The van der Waals surface area contributed by atoms with Gasteiger partial charge in [0.1, 0.15) is 5.82 Å². The number of carbonyl (C=O) groups is 1. The summed E-state index contributed by atoms with van der Waals surface area (Å²) in [5.74, 6) is -1.31. The number of imidazole rings is 2. The second kappa shape index (κ2) is 9.62. The van der Waals surface area contributed by atoms with Gasteiger partial charge in [-0.3, -0.25) is 4.79 Å². The third-order valence-electron chi connectivity index (χ3n) is 8.07. The number of halogens is 2. The fraction of sp³-hybridized carbons (Fsp3) is 0.414. The van der Waals surface area contributed by atoms with Crippen LogP contribution in [0.3, 0.4) is 0 Å². The van der Waals surface area contributed by atoms with Crippen molar-refractivity contribution in [3.63, 3.8) is 0 Å². The number of hydrogen-bond acceptors (Lipinski definition) is 4. The van der Waals surface area contributed by atoms with E-state index in [1.807, 2.05) is 18.5 Å². The molecule has 1 amide bonds. The first-order chi connectivity index (χ1) is 18.3. The minimum absolute atomic E-state index is 0.117. The molecule has 198 valence electrons. The van der Waals surface area contributed by atoms with Crippen LogP contribution in [-0.2, 0) is 11.8 Å². The highest BCUT2D eigenvalue weighted by atomic mass is 19.2. The molecule has 4 aromatic rings. The first-order valence-corrected chi connectivity index (χ1v) is 13.3. The number of nitrogens with zero attached hydrogens (tertiary/aromatic N) is 5. The molecule has 1 aliphatic carbocycles. The quantitative estimate of drug-likeness (QED) is 0.372. The Bertz CT molecular complexity index is 1500. The summed E-state index contributed by atoms with van der Waals surface area (Å²) in [7, 11) is 1.96. The van der Waals surface area contributed by atoms with Gasteiger partial charge in [-0.25, -0.2) is 18.7 Å². The molecule has 2 fully saturated rings. The Morgan fingerprint density at radius 1 is 1.00 bits per heavy atom. The van der Waals surface area contributed by atoms with E-state index in [0.29, 0.717) is 37.8 Å². The molecule has 6 rings (SSSR count). The molecule has 0 bridgehead atoms.